The Balaban J connectivity index is 1.92. The summed E-state index contributed by atoms with van der Waals surface area (Å²) in [4.78, 5) is 7.64. The first-order valence-corrected chi connectivity index (χ1v) is 12.5. The highest BCUT2D eigenvalue weighted by atomic mass is 32.2. The molecular formula is C19H18F3N3O4S2. The quantitative estimate of drug-likeness (QED) is 0.562. The fourth-order valence-electron chi connectivity index (χ4n) is 3.35. The molecule has 0 unspecified atom stereocenters. The number of sulfone groups is 2. The smallest absolute Gasteiger partial charge is 0.326 e. The minimum Gasteiger partial charge on any atom is -0.326 e. The molecule has 0 aliphatic heterocycles. The van der Waals surface area contributed by atoms with E-state index in [9.17, 15) is 30.0 Å². The maximum absolute atomic E-state index is 12.9. The van der Waals surface area contributed by atoms with Crippen molar-refractivity contribution in [2.45, 2.75) is 41.0 Å². The number of aromatic nitrogens is 3. The molecule has 31 heavy (non-hydrogen) atoms. The molecule has 0 atom stereocenters. The lowest BCUT2D eigenvalue weighted by Gasteiger charge is -2.11. The Morgan fingerprint density at radius 1 is 1.13 bits per heavy atom. The van der Waals surface area contributed by atoms with Gasteiger partial charge in [-0.1, -0.05) is 6.92 Å². The van der Waals surface area contributed by atoms with Gasteiger partial charge in [0.1, 0.15) is 5.69 Å². The van der Waals surface area contributed by atoms with Gasteiger partial charge in [-0.3, -0.25) is 4.98 Å². The van der Waals surface area contributed by atoms with Crippen molar-refractivity contribution in [3.05, 3.63) is 36.0 Å². The van der Waals surface area contributed by atoms with Crippen LogP contribution in [0.4, 0.5) is 13.2 Å². The van der Waals surface area contributed by atoms with Crippen LogP contribution in [-0.2, 0) is 26.7 Å². The van der Waals surface area contributed by atoms with Gasteiger partial charge in [0.2, 0.25) is 0 Å². The summed E-state index contributed by atoms with van der Waals surface area (Å²) in [7, 11) is -7.65. The second kappa shape index (κ2) is 7.02. The average molecular weight is 473 g/mol. The minimum absolute atomic E-state index is 0.000873. The molecule has 0 radical (unpaired) electrons. The lowest BCUT2D eigenvalue weighted by molar-refractivity contribution is -0.0435. The van der Waals surface area contributed by atoms with E-state index in [2.05, 4.69) is 9.97 Å². The number of rotatable bonds is 5. The lowest BCUT2D eigenvalue weighted by Crippen LogP contribution is -2.23. The normalized spacial score (nSPS) is 15.5. The number of hydrogen-bond donors (Lipinski definition) is 0. The molecule has 7 nitrogen and oxygen atoms in total. The van der Waals surface area contributed by atoms with Crippen molar-refractivity contribution in [2.24, 2.45) is 7.05 Å². The van der Waals surface area contributed by atoms with Crippen LogP contribution in [0.15, 0.2) is 40.3 Å². The van der Waals surface area contributed by atoms with Crippen molar-refractivity contribution in [3.63, 3.8) is 0 Å². The number of benzene rings is 1. The van der Waals surface area contributed by atoms with E-state index < -0.39 is 30.1 Å². The molecule has 166 valence electrons. The molecule has 12 heteroatoms. The molecule has 0 N–H and O–H groups in total. The Labute approximate surface area is 176 Å². The van der Waals surface area contributed by atoms with Crippen LogP contribution in [0, 0.1) is 0 Å². The van der Waals surface area contributed by atoms with Gasteiger partial charge in [0.25, 0.3) is 9.84 Å². The Hall–Kier alpha value is -2.47. The van der Waals surface area contributed by atoms with Crippen LogP contribution in [0.1, 0.15) is 31.2 Å². The van der Waals surface area contributed by atoms with Gasteiger partial charge < -0.3 is 4.57 Å². The number of aryl methyl sites for hydroxylation is 1. The van der Waals surface area contributed by atoms with Gasteiger partial charge >= 0.3 is 5.51 Å². The summed E-state index contributed by atoms with van der Waals surface area (Å²) in [5.41, 5.74) is -4.24. The minimum atomic E-state index is -5.54. The summed E-state index contributed by atoms with van der Waals surface area (Å²) < 4.78 is 89.1. The maximum atomic E-state index is 12.9. The molecule has 1 aliphatic carbocycles. The lowest BCUT2D eigenvalue weighted by atomic mass is 10.2. The van der Waals surface area contributed by atoms with Gasteiger partial charge in [-0.15, -0.1) is 0 Å². The molecule has 0 spiro atoms. The van der Waals surface area contributed by atoms with Gasteiger partial charge in [0.15, 0.2) is 15.7 Å². The summed E-state index contributed by atoms with van der Waals surface area (Å²) in [5, 5.41) is 0. The highest BCUT2D eigenvalue weighted by Gasteiger charge is 2.47. The summed E-state index contributed by atoms with van der Waals surface area (Å²) in [6.07, 6.45) is 3.49. The molecular weight excluding hydrogens is 455 g/mol. The van der Waals surface area contributed by atoms with Gasteiger partial charge in [-0.05, 0) is 48.6 Å². The average Bonchev–Trinajstić information content (AvgIpc) is 3.50. The summed E-state index contributed by atoms with van der Waals surface area (Å²) in [6.45, 7) is 1.51. The number of hydrogen-bond acceptors (Lipinski definition) is 6. The van der Waals surface area contributed by atoms with Crippen LogP contribution in [-0.4, -0.2) is 42.6 Å². The largest absolute Gasteiger partial charge is 0.501 e. The van der Waals surface area contributed by atoms with Crippen LogP contribution >= 0.6 is 0 Å². The predicted octanol–water partition coefficient (Wildman–Crippen LogP) is 3.60. The zero-order valence-electron chi connectivity index (χ0n) is 16.5. The van der Waals surface area contributed by atoms with Gasteiger partial charge in [-0.25, -0.2) is 21.8 Å². The van der Waals surface area contributed by atoms with Crippen LogP contribution in [0.25, 0.3) is 22.6 Å². The Kier molecular flexibility index (Phi) is 4.93. The standard InChI is InChI=1S/C19H18F3N3O4S2/c1-3-30(26,27)16-8-12(11-4-5-11)10-23-17(16)18-24-14-9-13(6-7-15(14)25(18)2)31(28,29)19(20,21)22/h6-11H,3-5H2,1-2H3. The van der Waals surface area contributed by atoms with Crippen molar-refractivity contribution in [1.82, 2.24) is 14.5 Å². The first kappa shape index (κ1) is 21.8. The van der Waals surface area contributed by atoms with Gasteiger partial charge in [-0.2, -0.15) is 13.2 Å². The molecule has 0 amide bonds. The first-order valence-electron chi connectivity index (χ1n) is 9.37. The van der Waals surface area contributed by atoms with Crippen LogP contribution in [0.2, 0.25) is 0 Å². The molecule has 1 fully saturated rings. The molecule has 1 aliphatic rings. The number of nitrogens with zero attached hydrogens (tertiary/aromatic N) is 3. The Morgan fingerprint density at radius 2 is 1.81 bits per heavy atom. The van der Waals surface area contributed by atoms with E-state index in [1.807, 2.05) is 0 Å². The number of halogens is 3. The number of pyridine rings is 1. The molecule has 3 aromatic rings. The van der Waals surface area contributed by atoms with Crippen molar-refractivity contribution < 1.29 is 30.0 Å². The highest BCUT2D eigenvalue weighted by Crippen LogP contribution is 2.42. The fourth-order valence-corrected chi connectivity index (χ4v) is 5.20. The molecule has 0 saturated heterocycles. The zero-order chi connectivity index (χ0) is 22.8. The first-order chi connectivity index (χ1) is 14.4. The second-order valence-corrected chi connectivity index (χ2v) is 11.6. The van der Waals surface area contributed by atoms with E-state index >= 15 is 0 Å². The van der Waals surface area contributed by atoms with E-state index in [1.165, 1.54) is 17.6 Å². The highest BCUT2D eigenvalue weighted by molar-refractivity contribution is 7.92. The monoisotopic (exact) mass is 473 g/mol. The van der Waals surface area contributed by atoms with Gasteiger partial charge in [0.05, 0.1) is 26.6 Å². The van der Waals surface area contributed by atoms with Crippen molar-refractivity contribution in [2.75, 3.05) is 5.75 Å². The number of imidazole rings is 1. The maximum Gasteiger partial charge on any atom is 0.501 e. The summed E-state index contributed by atoms with van der Waals surface area (Å²) >= 11 is 0. The van der Waals surface area contributed by atoms with E-state index in [4.69, 9.17) is 0 Å². The predicted molar refractivity (Wildman–Crippen MR) is 107 cm³/mol. The molecule has 4 rings (SSSR count). The van der Waals surface area contributed by atoms with E-state index in [0.717, 1.165) is 30.5 Å². The van der Waals surface area contributed by atoms with Crippen LogP contribution in [0.3, 0.4) is 0 Å². The van der Waals surface area contributed by atoms with E-state index in [0.29, 0.717) is 5.52 Å². The second-order valence-electron chi connectivity index (χ2n) is 7.39. The fraction of sp³-hybridized carbons (Fsp3) is 0.368. The van der Waals surface area contributed by atoms with Crippen molar-refractivity contribution in [1.29, 1.82) is 0 Å². The van der Waals surface area contributed by atoms with E-state index in [1.54, 1.807) is 19.3 Å². The number of alkyl halides is 3. The zero-order valence-corrected chi connectivity index (χ0v) is 18.1. The molecule has 2 heterocycles. The molecule has 2 aromatic heterocycles. The van der Waals surface area contributed by atoms with Crippen LogP contribution < -0.4 is 0 Å². The molecule has 0 bridgehead atoms. The summed E-state index contributed by atoms with van der Waals surface area (Å²) in [6, 6.07) is 4.47. The van der Waals surface area contributed by atoms with E-state index in [-0.39, 0.29) is 33.6 Å². The topological polar surface area (TPSA) is 99.0 Å². The summed E-state index contributed by atoms with van der Waals surface area (Å²) in [5.74, 6) is 0.224. The SMILES string of the molecule is CCS(=O)(=O)c1cc(C2CC2)cnc1-c1nc2cc(S(=O)(=O)C(F)(F)F)ccc2n1C. The third-order valence-electron chi connectivity index (χ3n) is 5.32. The van der Waals surface area contributed by atoms with Crippen molar-refractivity contribution in [3.8, 4) is 11.5 Å². The Bertz CT molecular complexity index is 1410. The van der Waals surface area contributed by atoms with Gasteiger partial charge in [0, 0.05) is 13.2 Å². The van der Waals surface area contributed by atoms with Crippen LogP contribution in [0.5, 0.6) is 0 Å². The number of fused-ring (bicyclic) bond motifs is 1. The van der Waals surface area contributed by atoms with Crippen molar-refractivity contribution >= 4 is 30.7 Å². The molecule has 1 aromatic carbocycles. The Morgan fingerprint density at radius 3 is 2.39 bits per heavy atom. The third kappa shape index (κ3) is 3.61. The molecule has 1 saturated carbocycles. The third-order valence-corrected chi connectivity index (χ3v) is 8.54.